The van der Waals surface area contributed by atoms with E-state index in [1.165, 1.54) is 0 Å². The number of rotatable bonds is 4. The van der Waals surface area contributed by atoms with Crippen LogP contribution in [0.4, 0.5) is 5.69 Å². The molecule has 1 aromatic rings. The quantitative estimate of drug-likeness (QED) is 0.508. The molecule has 0 unspecified atom stereocenters. The fourth-order valence-corrected chi connectivity index (χ4v) is 2.43. The third-order valence-electron chi connectivity index (χ3n) is 4.37. The summed E-state index contributed by atoms with van der Waals surface area (Å²) in [6, 6.07) is 5.59. The highest BCUT2D eigenvalue weighted by molar-refractivity contribution is 7.80. The first-order valence-electron chi connectivity index (χ1n) is 7.30. The van der Waals surface area contributed by atoms with Crippen molar-refractivity contribution in [3.05, 3.63) is 29.2 Å². The summed E-state index contributed by atoms with van der Waals surface area (Å²) in [4.78, 5) is 0. The highest BCUT2D eigenvalue weighted by Gasteiger charge is 2.52. The lowest BCUT2D eigenvalue weighted by molar-refractivity contribution is 0.00578. The highest BCUT2D eigenvalue weighted by Crippen LogP contribution is 2.39. The number of thiol groups is 1. The monoisotopic (exact) mass is 321 g/mol. The SMILES string of the molecule is COc1ccc(C=C(CS)B2OC(C)(C)C(C)(C)O2)c(N)c1. The number of hydrogen-bond donors (Lipinski definition) is 2. The van der Waals surface area contributed by atoms with Gasteiger partial charge in [0, 0.05) is 17.5 Å². The maximum Gasteiger partial charge on any atom is 0.491 e. The zero-order chi connectivity index (χ0) is 16.5. The van der Waals surface area contributed by atoms with Crippen molar-refractivity contribution in [3.63, 3.8) is 0 Å². The van der Waals surface area contributed by atoms with Crippen LogP contribution in [0.1, 0.15) is 33.3 Å². The third kappa shape index (κ3) is 3.29. The van der Waals surface area contributed by atoms with Crippen molar-refractivity contribution in [2.45, 2.75) is 38.9 Å². The van der Waals surface area contributed by atoms with Gasteiger partial charge in [0.05, 0.1) is 18.3 Å². The molecule has 0 aromatic heterocycles. The van der Waals surface area contributed by atoms with Gasteiger partial charge in [-0.25, -0.2) is 0 Å². The average molecular weight is 321 g/mol. The lowest BCUT2D eigenvalue weighted by Gasteiger charge is -2.32. The molecule has 1 fully saturated rings. The van der Waals surface area contributed by atoms with Crippen LogP contribution in [0.3, 0.4) is 0 Å². The molecule has 0 spiro atoms. The van der Waals surface area contributed by atoms with Gasteiger partial charge in [0.25, 0.3) is 0 Å². The van der Waals surface area contributed by atoms with E-state index in [1.54, 1.807) is 13.2 Å². The number of methoxy groups -OCH3 is 1. The molecule has 6 heteroatoms. The Hall–Kier alpha value is -1.11. The van der Waals surface area contributed by atoms with E-state index in [-0.39, 0.29) is 11.2 Å². The van der Waals surface area contributed by atoms with Crippen molar-refractivity contribution in [1.82, 2.24) is 0 Å². The molecule has 4 nitrogen and oxygen atoms in total. The minimum Gasteiger partial charge on any atom is -0.497 e. The molecule has 1 aliphatic rings. The van der Waals surface area contributed by atoms with Gasteiger partial charge in [0.1, 0.15) is 5.75 Å². The summed E-state index contributed by atoms with van der Waals surface area (Å²) in [6.45, 7) is 8.13. The molecule has 22 heavy (non-hydrogen) atoms. The van der Waals surface area contributed by atoms with E-state index >= 15 is 0 Å². The van der Waals surface area contributed by atoms with E-state index in [0.29, 0.717) is 11.4 Å². The largest absolute Gasteiger partial charge is 0.497 e. The Kier molecular flexibility index (Phi) is 4.85. The average Bonchev–Trinajstić information content (AvgIpc) is 2.65. The van der Waals surface area contributed by atoms with Gasteiger partial charge >= 0.3 is 7.12 Å². The summed E-state index contributed by atoms with van der Waals surface area (Å²) in [5.41, 5.74) is 7.83. The van der Waals surface area contributed by atoms with Gasteiger partial charge in [-0.3, -0.25) is 0 Å². The minimum atomic E-state index is -0.413. The minimum absolute atomic E-state index is 0.370. The molecule has 1 aliphatic heterocycles. The Morgan fingerprint density at radius 3 is 2.32 bits per heavy atom. The highest BCUT2D eigenvalue weighted by atomic mass is 32.1. The van der Waals surface area contributed by atoms with Gasteiger partial charge in [-0.15, -0.1) is 0 Å². The van der Waals surface area contributed by atoms with E-state index in [4.69, 9.17) is 19.8 Å². The fraction of sp³-hybridized carbons (Fsp3) is 0.500. The smallest absolute Gasteiger partial charge is 0.491 e. The van der Waals surface area contributed by atoms with Crippen LogP contribution in [0.5, 0.6) is 5.75 Å². The standard InChI is InChI=1S/C16H24BNO3S/c1-15(2)16(3,4)21-17(20-15)12(10-22)8-11-6-7-13(19-5)9-14(11)18/h6-9,22H,10,18H2,1-5H3. The molecule has 0 aliphatic carbocycles. The van der Waals surface area contributed by atoms with Crippen LogP contribution >= 0.6 is 12.6 Å². The summed E-state index contributed by atoms with van der Waals surface area (Å²) in [5, 5.41) is 0. The zero-order valence-electron chi connectivity index (χ0n) is 13.8. The molecule has 1 heterocycles. The predicted octanol–water partition coefficient (Wildman–Crippen LogP) is 3.22. The van der Waals surface area contributed by atoms with Crippen LogP contribution in [0.2, 0.25) is 0 Å². The maximum absolute atomic E-state index is 6.07. The van der Waals surface area contributed by atoms with E-state index in [0.717, 1.165) is 16.8 Å². The summed E-state index contributed by atoms with van der Waals surface area (Å²) < 4.78 is 17.3. The zero-order valence-corrected chi connectivity index (χ0v) is 14.7. The van der Waals surface area contributed by atoms with Crippen molar-refractivity contribution < 1.29 is 14.0 Å². The first-order chi connectivity index (χ1) is 10.2. The van der Waals surface area contributed by atoms with Crippen LogP contribution < -0.4 is 10.5 Å². The topological polar surface area (TPSA) is 53.7 Å². The van der Waals surface area contributed by atoms with Crippen molar-refractivity contribution in [2.75, 3.05) is 18.6 Å². The van der Waals surface area contributed by atoms with Crippen LogP contribution in [-0.4, -0.2) is 31.2 Å². The molecule has 0 amide bonds. The van der Waals surface area contributed by atoms with Gasteiger partial charge < -0.3 is 19.8 Å². The number of anilines is 1. The third-order valence-corrected chi connectivity index (χ3v) is 4.74. The van der Waals surface area contributed by atoms with Crippen LogP contribution in [0.15, 0.2) is 23.7 Å². The molecule has 2 N–H and O–H groups in total. The fourth-order valence-electron chi connectivity index (χ4n) is 2.19. The molecule has 120 valence electrons. The van der Waals surface area contributed by atoms with Crippen molar-refractivity contribution in [1.29, 1.82) is 0 Å². The lowest BCUT2D eigenvalue weighted by atomic mass is 9.78. The lowest BCUT2D eigenvalue weighted by Crippen LogP contribution is -2.41. The normalized spacial score (nSPS) is 20.3. The Balaban J connectivity index is 2.29. The maximum atomic E-state index is 6.07. The number of hydrogen-bond acceptors (Lipinski definition) is 5. The second kappa shape index (κ2) is 6.18. The molecule has 0 saturated carbocycles. The molecular weight excluding hydrogens is 297 g/mol. The molecule has 2 rings (SSSR count). The second-order valence-corrected chi connectivity index (χ2v) is 6.78. The Morgan fingerprint density at radius 1 is 1.27 bits per heavy atom. The predicted molar refractivity (Wildman–Crippen MR) is 95.3 cm³/mol. The van der Waals surface area contributed by atoms with Gasteiger partial charge in [-0.05, 0) is 50.9 Å². The number of nitrogen functional groups attached to an aromatic ring is 1. The molecule has 0 bridgehead atoms. The van der Waals surface area contributed by atoms with E-state index in [9.17, 15) is 0 Å². The Morgan fingerprint density at radius 2 is 1.86 bits per heavy atom. The van der Waals surface area contributed by atoms with Crippen molar-refractivity contribution in [3.8, 4) is 5.75 Å². The van der Waals surface area contributed by atoms with Crippen LogP contribution in [-0.2, 0) is 9.31 Å². The van der Waals surface area contributed by atoms with Gasteiger partial charge in [0.15, 0.2) is 0 Å². The van der Waals surface area contributed by atoms with E-state index < -0.39 is 7.12 Å². The van der Waals surface area contributed by atoms with E-state index in [1.807, 2.05) is 45.9 Å². The van der Waals surface area contributed by atoms with Crippen LogP contribution in [0.25, 0.3) is 6.08 Å². The molecule has 0 atom stereocenters. The van der Waals surface area contributed by atoms with Gasteiger partial charge in [-0.2, -0.15) is 12.6 Å². The first kappa shape index (κ1) is 17.3. The van der Waals surface area contributed by atoms with Crippen molar-refractivity contribution >= 4 is 31.5 Å². The molecule has 1 aromatic carbocycles. The second-order valence-electron chi connectivity index (χ2n) is 6.46. The summed E-state index contributed by atoms with van der Waals surface area (Å²) in [7, 11) is 1.21. The molecular formula is C16H24BNO3S. The van der Waals surface area contributed by atoms with Gasteiger partial charge in [0.2, 0.25) is 0 Å². The summed E-state index contributed by atoms with van der Waals surface area (Å²) in [5.74, 6) is 1.26. The first-order valence-corrected chi connectivity index (χ1v) is 7.94. The summed E-state index contributed by atoms with van der Waals surface area (Å²) in [6.07, 6.45) is 1.98. The molecule has 0 radical (unpaired) electrons. The van der Waals surface area contributed by atoms with E-state index in [2.05, 4.69) is 12.6 Å². The number of benzene rings is 1. The van der Waals surface area contributed by atoms with Crippen molar-refractivity contribution in [2.24, 2.45) is 0 Å². The van der Waals surface area contributed by atoms with Gasteiger partial charge in [-0.1, -0.05) is 6.08 Å². The Bertz CT molecular complexity index is 571. The number of ether oxygens (including phenoxy) is 1. The molecule has 1 saturated heterocycles. The van der Waals surface area contributed by atoms with Crippen LogP contribution in [0, 0.1) is 0 Å². The summed E-state index contributed by atoms with van der Waals surface area (Å²) >= 11 is 4.41. The Labute approximate surface area is 138 Å². The number of nitrogens with two attached hydrogens (primary N) is 1.